The molecule has 35 heteroatoms. The normalized spacial score (nSPS) is 11.4. The number of carbonyl (C=O) groups is 4. The summed E-state index contributed by atoms with van der Waals surface area (Å²) < 4.78 is 55.5. The van der Waals surface area contributed by atoms with Gasteiger partial charge in [0.2, 0.25) is 17.7 Å². The van der Waals surface area contributed by atoms with Crippen molar-refractivity contribution in [2.75, 3.05) is 16.0 Å². The summed E-state index contributed by atoms with van der Waals surface area (Å²) in [5, 5.41) is 41.4. The molecule has 0 saturated carbocycles. The molecule has 3 amide bonds. The van der Waals surface area contributed by atoms with E-state index < -0.39 is 0 Å². The first-order valence-corrected chi connectivity index (χ1v) is 47.2. The number of pyridine rings is 8. The van der Waals surface area contributed by atoms with Gasteiger partial charge in [0.1, 0.15) is 51.8 Å². The number of amides is 3. The van der Waals surface area contributed by atoms with Gasteiger partial charge in [0.25, 0.3) is 0 Å². The van der Waals surface area contributed by atoms with Gasteiger partial charge in [-0.2, -0.15) is 20.4 Å². The van der Waals surface area contributed by atoms with Gasteiger partial charge in [0.05, 0.1) is 101 Å². The van der Waals surface area contributed by atoms with Gasteiger partial charge in [0.15, 0.2) is 45.9 Å². The fraction of sp³-hybridized carbons (Fsp3) is 0.107. The SMILES string of the molecule is CC(C)C(=O)Nc1cncc(-c2cnc3n[nH]c(-c4nc5c(-c6cccc(F)c6)cccc5[nH]4)c3c2)c1.CC(C)CC(=O)Nc1cncc(-c2cnc3n[nH]c(-c4nc5c(-c6cccc(F)c6)cccc5[nH]4)c3c2)c1.CCC(=O)Cc1ccc(-c2cnc3n[nH]c(-c4nc5c(-c6cccc(F)c6)cccc5[nH]4)c3c2)cn1.CCC(=O)Nc1cncc(-c2cnc3n[nH]c(-c4nc5c(-c6cccc(F)c6)cccc5[nH]4)c3c2)c1. The maximum atomic E-state index is 13.9. The van der Waals surface area contributed by atoms with Gasteiger partial charge in [-0.05, 0) is 149 Å². The predicted octanol–water partition coefficient (Wildman–Crippen LogP) is 23.9. The Kier molecular flexibility index (Phi) is 25.9. The molecule has 24 rings (SSSR count). The molecule has 0 saturated heterocycles. The maximum Gasteiger partial charge on any atom is 0.226 e. The van der Waals surface area contributed by atoms with Crippen LogP contribution in [0.1, 0.15) is 66.5 Å². The molecule has 16 aromatic heterocycles. The van der Waals surface area contributed by atoms with Crippen LogP contribution in [0.15, 0.2) is 293 Å². The van der Waals surface area contributed by atoms with Crippen LogP contribution < -0.4 is 16.0 Å². The summed E-state index contributed by atoms with van der Waals surface area (Å²) in [5.74, 6) is 1.28. The topological polar surface area (TPSA) is 437 Å². The van der Waals surface area contributed by atoms with E-state index >= 15 is 0 Å². The molecule has 0 bridgehead atoms. The molecule has 16 heterocycles. The second-order valence-corrected chi connectivity index (χ2v) is 35.7. The molecule has 11 N–H and O–H groups in total. The van der Waals surface area contributed by atoms with Crippen LogP contribution in [0.4, 0.5) is 34.6 Å². The summed E-state index contributed by atoms with van der Waals surface area (Å²) in [5.41, 5.74) is 26.8. The number of hydrogen-bond donors (Lipinski definition) is 11. The number of para-hydroxylation sites is 4. The van der Waals surface area contributed by atoms with Crippen molar-refractivity contribution in [1.29, 1.82) is 0 Å². The molecule has 0 spiro atoms. The average molecular weight is 1950 g/mol. The molecule has 0 unspecified atom stereocenters. The van der Waals surface area contributed by atoms with E-state index in [2.05, 4.69) is 117 Å². The van der Waals surface area contributed by atoms with E-state index in [-0.39, 0.29) is 58.6 Å². The van der Waals surface area contributed by atoms with Crippen molar-refractivity contribution >= 4 is 129 Å². The lowest BCUT2D eigenvalue weighted by molar-refractivity contribution is -0.119. The lowest BCUT2D eigenvalue weighted by Gasteiger charge is -2.09. The zero-order valence-electron chi connectivity index (χ0n) is 79.5. The number of aromatic amines is 8. The van der Waals surface area contributed by atoms with Crippen LogP contribution in [0.25, 0.3) is 223 Å². The Bertz CT molecular complexity index is 9170. The molecule has 24 aromatic rings. The number of H-pyrrole nitrogens is 8. The molecule has 147 heavy (non-hydrogen) atoms. The fourth-order valence-corrected chi connectivity index (χ4v) is 17.3. The molecule has 0 aliphatic carbocycles. The number of aromatic nitrogens is 24. The van der Waals surface area contributed by atoms with Crippen LogP contribution in [0.5, 0.6) is 0 Å². The third-order valence-electron chi connectivity index (χ3n) is 24.6. The minimum atomic E-state index is -0.300. The molecule has 0 aliphatic heterocycles. The van der Waals surface area contributed by atoms with Crippen LogP contribution in [-0.2, 0) is 25.6 Å². The fourth-order valence-electron chi connectivity index (χ4n) is 17.3. The monoisotopic (exact) mass is 1950 g/mol. The minimum absolute atomic E-state index is 0.0489. The highest BCUT2D eigenvalue weighted by Crippen LogP contribution is 2.41. The Balaban J connectivity index is 0.000000115. The minimum Gasteiger partial charge on any atom is -0.337 e. The largest absolute Gasteiger partial charge is 0.337 e. The smallest absolute Gasteiger partial charge is 0.226 e. The van der Waals surface area contributed by atoms with Gasteiger partial charge in [-0.1, -0.05) is 145 Å². The number of ketones is 1. The summed E-state index contributed by atoms with van der Waals surface area (Å²) in [6.07, 6.45) is 20.4. The van der Waals surface area contributed by atoms with Gasteiger partial charge in [-0.25, -0.2) is 57.4 Å². The number of imidazole rings is 4. The number of rotatable bonds is 22. The van der Waals surface area contributed by atoms with E-state index in [4.69, 9.17) is 19.9 Å². The zero-order chi connectivity index (χ0) is 101. The molecule has 722 valence electrons. The second-order valence-electron chi connectivity index (χ2n) is 35.7. The lowest BCUT2D eigenvalue weighted by atomic mass is 10.0. The number of nitrogens with zero attached hydrogens (tertiary/aromatic N) is 16. The zero-order valence-corrected chi connectivity index (χ0v) is 79.5. The highest BCUT2D eigenvalue weighted by atomic mass is 19.1. The van der Waals surface area contributed by atoms with Gasteiger partial charge >= 0.3 is 0 Å². The van der Waals surface area contributed by atoms with E-state index in [1.54, 1.807) is 99.4 Å². The first-order valence-electron chi connectivity index (χ1n) is 47.2. The third kappa shape index (κ3) is 20.1. The van der Waals surface area contributed by atoms with E-state index in [1.165, 1.54) is 48.5 Å². The summed E-state index contributed by atoms with van der Waals surface area (Å²) >= 11 is 0. The Hall–Kier alpha value is -19.5. The summed E-state index contributed by atoms with van der Waals surface area (Å²) in [7, 11) is 0. The molecule has 8 aromatic carbocycles. The van der Waals surface area contributed by atoms with Gasteiger partial charge < -0.3 is 35.9 Å². The highest BCUT2D eigenvalue weighted by molar-refractivity contribution is 6.04. The number of hydrogen-bond acceptors (Lipinski definition) is 20. The van der Waals surface area contributed by atoms with Crippen molar-refractivity contribution in [3.05, 3.63) is 322 Å². The molecule has 0 aliphatic rings. The first kappa shape index (κ1) is 93.8. The highest BCUT2D eigenvalue weighted by Gasteiger charge is 2.25. The summed E-state index contributed by atoms with van der Waals surface area (Å²) in [6.45, 7) is 11.3. The van der Waals surface area contributed by atoms with Crippen LogP contribution in [-0.4, -0.2) is 144 Å². The number of anilines is 3. The number of benzene rings is 8. The first-order chi connectivity index (χ1) is 71.6. The van der Waals surface area contributed by atoms with E-state index in [9.17, 15) is 36.7 Å². The van der Waals surface area contributed by atoms with E-state index in [0.717, 1.165) is 160 Å². The van der Waals surface area contributed by atoms with Crippen molar-refractivity contribution in [3.63, 3.8) is 0 Å². The summed E-state index contributed by atoms with van der Waals surface area (Å²) in [6, 6.07) is 66.3. The predicted molar refractivity (Wildman–Crippen MR) is 560 cm³/mol. The lowest BCUT2D eigenvalue weighted by Crippen LogP contribution is -2.17. The molecule has 0 atom stereocenters. The van der Waals surface area contributed by atoms with Crippen molar-refractivity contribution in [1.82, 2.24) is 121 Å². The van der Waals surface area contributed by atoms with Crippen molar-refractivity contribution in [3.8, 4) is 135 Å². The molecule has 0 radical (unpaired) electrons. The Morgan fingerprint density at radius 3 is 0.912 bits per heavy atom. The van der Waals surface area contributed by atoms with Gasteiger partial charge in [-0.3, -0.25) is 59.5 Å². The Morgan fingerprint density at radius 1 is 0.306 bits per heavy atom. The van der Waals surface area contributed by atoms with Gasteiger partial charge in [0, 0.05) is 154 Å². The number of nitrogens with one attached hydrogen (secondary N) is 11. The van der Waals surface area contributed by atoms with E-state index in [1.807, 2.05) is 186 Å². The number of Topliss-reactive ketones (excluding diaryl/α,β-unsaturated/α-hetero) is 1. The average Bonchev–Trinajstić information content (AvgIpc) is 1.63. The maximum absolute atomic E-state index is 13.9. The van der Waals surface area contributed by atoms with Crippen molar-refractivity contribution in [2.24, 2.45) is 11.8 Å². The standard InChI is InChI=1S/C29H24FN7O.C28H22FN7O.C28H21FN6O.C27H20FN7O/c1-16(2)9-25(38)33-21-11-18(13-31-15-21)19-12-23-27(36-37-28(23)32-14-19)29-34-24-8-4-7-22(26(24)35-29)17-5-3-6-20(30)10-17;1-15(2)28(37)32-20-10-17(12-30-14-20)18-11-22-25(35-36-26(22)31-13-18)27-33-23-8-4-7-21(24(23)34-27)16-5-3-6-19(29)9-16;1-2-21(36)13-20-10-9-17(14-30-20)18-12-23-26(34-35-27(23)31-15-18)28-32-24-8-4-7-22(25(24)33-28)16-5-3-6-19(29)11-16;1-2-23(36)31-19-10-16(12-29-14-19)17-11-21-25(34-35-26(21)30-13-17)27-32-22-8-4-7-20(24(22)33-27)15-5-3-6-18(28)9-15/h3-8,10-16H,9H2,1-2H3,(H,33,38)(H,34,35)(H,32,36,37);3-15H,1-2H3,(H,32,37)(H,33,34)(H,31,35,36);3-12,14-15H,2,13H2,1H3,(H,32,33)(H,31,34,35);3-14H,2H2,1H3,(H,31,36)(H,32,33)(H,30,34,35). The van der Waals surface area contributed by atoms with Crippen molar-refractivity contribution < 1.29 is 36.7 Å². The Morgan fingerprint density at radius 2 is 0.612 bits per heavy atom. The molecule has 31 nitrogen and oxygen atoms in total. The molecule has 0 fully saturated rings. The third-order valence-corrected chi connectivity index (χ3v) is 24.6. The second kappa shape index (κ2) is 40.6. The number of fused-ring (bicyclic) bond motifs is 8. The summed E-state index contributed by atoms with van der Waals surface area (Å²) in [4.78, 5) is 116. The van der Waals surface area contributed by atoms with Crippen LogP contribution in [0.2, 0.25) is 0 Å². The molecular weight excluding hydrogens is 1860 g/mol. The number of halogens is 4. The quantitative estimate of drug-likeness (QED) is 0.0281. The van der Waals surface area contributed by atoms with Crippen LogP contribution >= 0.6 is 0 Å². The van der Waals surface area contributed by atoms with Crippen LogP contribution in [0.3, 0.4) is 0 Å². The van der Waals surface area contributed by atoms with Gasteiger partial charge in [-0.15, -0.1) is 0 Å². The van der Waals surface area contributed by atoms with Crippen molar-refractivity contribution in [2.45, 2.75) is 67.2 Å². The van der Waals surface area contributed by atoms with E-state index in [0.29, 0.717) is 111 Å². The Labute approximate surface area is 833 Å². The number of carbonyl (C=O) groups excluding carboxylic acids is 4. The molecular formula is C112H87F4N27O4. The van der Waals surface area contributed by atoms with Crippen LogP contribution in [0, 0.1) is 35.1 Å².